The number of fused-ring (bicyclic) bond motifs is 1. The van der Waals surface area contributed by atoms with Crippen LogP contribution in [0, 0.1) is 5.82 Å². The summed E-state index contributed by atoms with van der Waals surface area (Å²) in [5.41, 5.74) is 0.143. The molecule has 1 aromatic rings. The molecular formula is C21H23FN4O6. The van der Waals surface area contributed by atoms with Crippen LogP contribution < -0.4 is 10.2 Å². The number of amides is 4. The van der Waals surface area contributed by atoms with Crippen LogP contribution in [0.5, 0.6) is 0 Å². The predicted molar refractivity (Wildman–Crippen MR) is 108 cm³/mol. The highest BCUT2D eigenvalue weighted by Gasteiger charge is 2.45. The molecule has 3 aliphatic heterocycles. The number of imide groups is 2. The van der Waals surface area contributed by atoms with Crippen molar-refractivity contribution in [2.45, 2.75) is 44.7 Å². The maximum absolute atomic E-state index is 14.9. The fourth-order valence-corrected chi connectivity index (χ4v) is 4.47. The minimum absolute atomic E-state index is 0.0140. The van der Waals surface area contributed by atoms with Crippen molar-refractivity contribution in [1.82, 2.24) is 15.3 Å². The van der Waals surface area contributed by atoms with E-state index in [0.29, 0.717) is 25.9 Å². The van der Waals surface area contributed by atoms with Crippen molar-refractivity contribution >= 4 is 35.3 Å². The van der Waals surface area contributed by atoms with Gasteiger partial charge in [0.1, 0.15) is 11.9 Å². The average molecular weight is 446 g/mol. The molecule has 0 radical (unpaired) electrons. The molecule has 0 aliphatic carbocycles. The number of nitrogens with one attached hydrogen (secondary N) is 1. The van der Waals surface area contributed by atoms with E-state index in [1.807, 2.05) is 0 Å². The van der Waals surface area contributed by atoms with Crippen LogP contribution in [0.1, 0.15) is 53.3 Å². The predicted octanol–water partition coefficient (Wildman–Crippen LogP) is 0.606. The summed E-state index contributed by atoms with van der Waals surface area (Å²) < 4.78 is 14.9. The summed E-state index contributed by atoms with van der Waals surface area (Å²) in [6, 6.07) is 1.28. The zero-order valence-corrected chi connectivity index (χ0v) is 17.7. The maximum atomic E-state index is 14.9. The van der Waals surface area contributed by atoms with Gasteiger partial charge in [-0.05, 0) is 31.4 Å². The number of halogens is 1. The minimum Gasteiger partial charge on any atom is -0.369 e. The van der Waals surface area contributed by atoms with E-state index < -0.39 is 41.5 Å². The largest absolute Gasteiger partial charge is 0.369 e. The number of piperidine rings is 2. The third-order valence-electron chi connectivity index (χ3n) is 6.10. The maximum Gasteiger partial charge on any atom is 0.322 e. The Labute approximate surface area is 183 Å². The molecule has 1 N–H and O–H groups in total. The molecule has 2 saturated heterocycles. The fourth-order valence-electron chi connectivity index (χ4n) is 4.47. The van der Waals surface area contributed by atoms with E-state index in [9.17, 15) is 28.4 Å². The van der Waals surface area contributed by atoms with Gasteiger partial charge in [0, 0.05) is 39.5 Å². The summed E-state index contributed by atoms with van der Waals surface area (Å²) >= 11 is 0. The summed E-state index contributed by atoms with van der Waals surface area (Å²) in [5.74, 6) is -3.64. The molecule has 0 aromatic heterocycles. The minimum atomic E-state index is -1.10. The number of carbonyl (C=O) groups is 5. The second kappa shape index (κ2) is 8.30. The molecule has 4 amide bonds. The lowest BCUT2D eigenvalue weighted by molar-refractivity contribution is -0.192. The number of hydrogen-bond acceptors (Lipinski definition) is 8. The van der Waals surface area contributed by atoms with Gasteiger partial charge in [-0.15, -0.1) is 5.06 Å². The Kier molecular flexibility index (Phi) is 5.68. The van der Waals surface area contributed by atoms with Crippen molar-refractivity contribution < 1.29 is 33.2 Å². The number of nitrogens with zero attached hydrogens (tertiary/aromatic N) is 3. The molecule has 3 aliphatic rings. The van der Waals surface area contributed by atoms with Crippen LogP contribution in [0.3, 0.4) is 0 Å². The molecule has 3 heterocycles. The van der Waals surface area contributed by atoms with Crippen LogP contribution in [0.15, 0.2) is 12.1 Å². The molecule has 0 spiro atoms. The molecule has 4 rings (SSSR count). The second-order valence-electron chi connectivity index (χ2n) is 8.14. The number of anilines is 1. The quantitative estimate of drug-likeness (QED) is 0.528. The zero-order valence-electron chi connectivity index (χ0n) is 17.7. The Morgan fingerprint density at radius 3 is 2.31 bits per heavy atom. The Balaban J connectivity index is 1.52. The summed E-state index contributed by atoms with van der Waals surface area (Å²) in [7, 11) is 1.67. The summed E-state index contributed by atoms with van der Waals surface area (Å²) in [6.45, 7) is 2.25. The number of benzene rings is 1. The lowest BCUT2D eigenvalue weighted by Gasteiger charge is -2.36. The van der Waals surface area contributed by atoms with Crippen LogP contribution in [0.4, 0.5) is 10.1 Å². The normalized spacial score (nSPS) is 21.8. The second-order valence-corrected chi connectivity index (χ2v) is 8.14. The van der Waals surface area contributed by atoms with Crippen molar-refractivity contribution in [2.75, 3.05) is 25.0 Å². The van der Waals surface area contributed by atoms with E-state index >= 15 is 0 Å². The Morgan fingerprint density at radius 2 is 1.72 bits per heavy atom. The monoisotopic (exact) mass is 446 g/mol. The van der Waals surface area contributed by atoms with Crippen LogP contribution in [0.25, 0.3) is 0 Å². The number of hydrogen-bond donors (Lipinski definition) is 1. The van der Waals surface area contributed by atoms with Gasteiger partial charge in [0.2, 0.25) is 11.8 Å². The summed E-state index contributed by atoms with van der Waals surface area (Å²) in [6.07, 6.45) is 1.26. The van der Waals surface area contributed by atoms with Crippen LogP contribution in [0.2, 0.25) is 0 Å². The van der Waals surface area contributed by atoms with Gasteiger partial charge < -0.3 is 9.74 Å². The highest BCUT2D eigenvalue weighted by Crippen LogP contribution is 2.33. The molecule has 11 heteroatoms. The van der Waals surface area contributed by atoms with Crippen LogP contribution in [-0.4, -0.2) is 71.8 Å². The zero-order chi connectivity index (χ0) is 23.2. The van der Waals surface area contributed by atoms with Gasteiger partial charge >= 0.3 is 5.97 Å². The molecule has 1 unspecified atom stereocenters. The first kappa shape index (κ1) is 21.9. The average Bonchev–Trinajstić information content (AvgIpc) is 2.97. The van der Waals surface area contributed by atoms with E-state index in [-0.39, 0.29) is 35.7 Å². The van der Waals surface area contributed by atoms with Gasteiger partial charge in [0.15, 0.2) is 0 Å². The van der Waals surface area contributed by atoms with E-state index in [1.165, 1.54) is 18.1 Å². The molecule has 170 valence electrons. The van der Waals surface area contributed by atoms with Crippen LogP contribution in [-0.2, 0) is 19.2 Å². The van der Waals surface area contributed by atoms with Crippen LogP contribution >= 0.6 is 0 Å². The Hall–Kier alpha value is -3.34. The third kappa shape index (κ3) is 3.83. The molecule has 0 bridgehead atoms. The summed E-state index contributed by atoms with van der Waals surface area (Å²) in [4.78, 5) is 68.1. The van der Waals surface area contributed by atoms with Gasteiger partial charge in [-0.2, -0.15) is 0 Å². The van der Waals surface area contributed by atoms with E-state index in [1.54, 1.807) is 11.9 Å². The van der Waals surface area contributed by atoms with Crippen molar-refractivity contribution in [3.05, 3.63) is 29.1 Å². The first-order chi connectivity index (χ1) is 15.2. The molecule has 0 saturated carbocycles. The van der Waals surface area contributed by atoms with Gasteiger partial charge in [0.05, 0.1) is 16.8 Å². The standard InChI is InChI=1S/C21H23FN4O6/c1-11(27)32-24(2)12-5-7-25(8-6-12)17-10-14-13(9-15(17)22)20(30)26(21(14)31)16-3-4-18(28)23-19(16)29/h9-10,12,16H,3-8H2,1-2H3,(H,23,28,29). The van der Waals surface area contributed by atoms with Crippen molar-refractivity contribution in [3.8, 4) is 0 Å². The molecule has 1 aromatic carbocycles. The lowest BCUT2D eigenvalue weighted by Crippen LogP contribution is -2.54. The molecule has 2 fully saturated rings. The molecule has 1 atom stereocenters. The van der Waals surface area contributed by atoms with Gasteiger partial charge in [-0.3, -0.25) is 34.2 Å². The van der Waals surface area contributed by atoms with Crippen molar-refractivity contribution in [2.24, 2.45) is 0 Å². The number of carbonyl (C=O) groups excluding carboxylic acids is 5. The van der Waals surface area contributed by atoms with E-state index in [2.05, 4.69) is 5.32 Å². The number of hydroxylamine groups is 2. The van der Waals surface area contributed by atoms with Gasteiger partial charge in [-0.25, -0.2) is 4.39 Å². The Bertz CT molecular complexity index is 1020. The first-order valence-electron chi connectivity index (χ1n) is 10.4. The molecule has 10 nitrogen and oxygen atoms in total. The SMILES string of the molecule is CC(=O)ON(C)C1CCN(c2cc3c(cc2F)C(=O)N(C2CCC(=O)NC2=O)C3=O)CC1. The molecule has 32 heavy (non-hydrogen) atoms. The highest BCUT2D eigenvalue weighted by atomic mass is 19.1. The van der Waals surface area contributed by atoms with Gasteiger partial charge in [-0.1, -0.05) is 0 Å². The fraction of sp³-hybridized carbons (Fsp3) is 0.476. The lowest BCUT2D eigenvalue weighted by atomic mass is 10.0. The van der Waals surface area contributed by atoms with Gasteiger partial charge in [0.25, 0.3) is 11.8 Å². The number of rotatable bonds is 4. The third-order valence-corrected chi connectivity index (χ3v) is 6.10. The van der Waals surface area contributed by atoms with E-state index in [0.717, 1.165) is 11.0 Å². The molecular weight excluding hydrogens is 423 g/mol. The highest BCUT2D eigenvalue weighted by molar-refractivity contribution is 6.23. The van der Waals surface area contributed by atoms with Crippen molar-refractivity contribution in [1.29, 1.82) is 0 Å². The smallest absolute Gasteiger partial charge is 0.322 e. The first-order valence-corrected chi connectivity index (χ1v) is 10.4. The van der Waals surface area contributed by atoms with Crippen molar-refractivity contribution in [3.63, 3.8) is 0 Å². The Morgan fingerprint density at radius 1 is 1.09 bits per heavy atom. The topological polar surface area (TPSA) is 116 Å². The summed E-state index contributed by atoms with van der Waals surface area (Å²) in [5, 5.41) is 3.63. The van der Waals surface area contributed by atoms with E-state index in [4.69, 9.17) is 4.84 Å².